The lowest BCUT2D eigenvalue weighted by molar-refractivity contribution is -0.140. The number of benzene rings is 3. The summed E-state index contributed by atoms with van der Waals surface area (Å²) in [4.78, 5) is 28.2. The number of H-pyrrole nitrogens is 1. The van der Waals surface area contributed by atoms with E-state index in [2.05, 4.69) is 20.9 Å². The molecule has 5 rings (SSSR count). The number of esters is 1. The van der Waals surface area contributed by atoms with Crippen molar-refractivity contribution in [1.82, 2.24) is 4.98 Å². The predicted molar refractivity (Wildman–Crippen MR) is 138 cm³/mol. The van der Waals surface area contributed by atoms with Crippen LogP contribution in [0.3, 0.4) is 0 Å². The molecule has 0 spiro atoms. The van der Waals surface area contributed by atoms with Gasteiger partial charge in [0, 0.05) is 34.4 Å². The number of aromatic hydroxyl groups is 1. The van der Waals surface area contributed by atoms with Crippen LogP contribution in [0.2, 0.25) is 0 Å². The number of aromatic amines is 1. The van der Waals surface area contributed by atoms with Gasteiger partial charge in [0.05, 0.1) is 23.5 Å². The van der Waals surface area contributed by atoms with Crippen LogP contribution >= 0.6 is 15.9 Å². The fraction of sp³-hybridized carbons (Fsp3) is 0.143. The van der Waals surface area contributed by atoms with Crippen LogP contribution in [-0.2, 0) is 16.0 Å². The lowest BCUT2D eigenvalue weighted by Gasteiger charge is -2.20. The number of carbonyl (C=O) groups excluding carboxylic acids is 1. The summed E-state index contributed by atoms with van der Waals surface area (Å²) in [7, 11) is 0. The van der Waals surface area contributed by atoms with Gasteiger partial charge in [-0.1, -0.05) is 58.4 Å². The second-order valence-corrected chi connectivity index (χ2v) is 9.20. The van der Waals surface area contributed by atoms with Crippen molar-refractivity contribution in [3.05, 3.63) is 110 Å². The van der Waals surface area contributed by atoms with Crippen LogP contribution in [0.1, 0.15) is 35.2 Å². The maximum Gasteiger partial charge on any atom is 0.344 e. The maximum absolute atomic E-state index is 13.3. The van der Waals surface area contributed by atoms with Gasteiger partial charge >= 0.3 is 11.6 Å². The summed E-state index contributed by atoms with van der Waals surface area (Å²) >= 11 is 3.53. The Kier molecular flexibility index (Phi) is 6.17. The van der Waals surface area contributed by atoms with Crippen molar-refractivity contribution in [3.8, 4) is 5.75 Å². The van der Waals surface area contributed by atoms with E-state index in [1.807, 2.05) is 48.5 Å². The third-order valence-electron chi connectivity index (χ3n) is 6.08. The fourth-order valence-electron chi connectivity index (χ4n) is 4.60. The molecule has 1 atom stereocenters. The molecule has 2 N–H and O–H groups in total. The van der Waals surface area contributed by atoms with E-state index in [0.29, 0.717) is 17.4 Å². The normalized spacial score (nSPS) is 12.2. The molecular formula is C28H22BrNO5. The van der Waals surface area contributed by atoms with Crippen molar-refractivity contribution in [2.24, 2.45) is 0 Å². The number of ether oxygens (including phenoxy) is 1. The van der Waals surface area contributed by atoms with Crippen molar-refractivity contribution >= 4 is 43.8 Å². The minimum Gasteiger partial charge on any atom is -0.507 e. The summed E-state index contributed by atoms with van der Waals surface area (Å²) in [5.74, 6) is -1.14. The highest BCUT2D eigenvalue weighted by atomic mass is 79.9. The smallest absolute Gasteiger partial charge is 0.344 e. The molecule has 176 valence electrons. The number of nitrogens with one attached hydrogen (secondary N) is 1. The van der Waals surface area contributed by atoms with Gasteiger partial charge in [0.15, 0.2) is 0 Å². The van der Waals surface area contributed by atoms with Crippen LogP contribution in [0.4, 0.5) is 0 Å². The van der Waals surface area contributed by atoms with Gasteiger partial charge in [-0.2, -0.15) is 0 Å². The van der Waals surface area contributed by atoms with Gasteiger partial charge in [-0.05, 0) is 41.5 Å². The Morgan fingerprint density at radius 3 is 2.57 bits per heavy atom. The van der Waals surface area contributed by atoms with Crippen LogP contribution in [0.15, 0.2) is 86.5 Å². The van der Waals surface area contributed by atoms with E-state index in [1.165, 1.54) is 6.92 Å². The van der Waals surface area contributed by atoms with E-state index in [-0.39, 0.29) is 23.9 Å². The second-order valence-electron chi connectivity index (χ2n) is 8.29. The molecule has 0 fully saturated rings. The first-order valence-corrected chi connectivity index (χ1v) is 12.0. The van der Waals surface area contributed by atoms with Crippen LogP contribution in [0, 0.1) is 0 Å². The molecule has 6 nitrogen and oxygen atoms in total. The highest BCUT2D eigenvalue weighted by molar-refractivity contribution is 9.10. The third kappa shape index (κ3) is 4.35. The SMILES string of the molecule is CC(=O)OCCc1c(C(c2cccc(Br)c2)c2c(O)c3ccccc3oc2=O)[nH]c2ccccc12. The number of halogens is 1. The summed E-state index contributed by atoms with van der Waals surface area (Å²) in [5, 5.41) is 12.8. The maximum atomic E-state index is 13.3. The van der Waals surface area contributed by atoms with Gasteiger partial charge in [0.25, 0.3) is 0 Å². The zero-order valence-corrected chi connectivity index (χ0v) is 20.5. The molecule has 0 saturated carbocycles. The number of carbonyl (C=O) groups is 1. The van der Waals surface area contributed by atoms with E-state index < -0.39 is 11.5 Å². The first kappa shape index (κ1) is 22.9. The lowest BCUT2D eigenvalue weighted by Crippen LogP contribution is -2.17. The summed E-state index contributed by atoms with van der Waals surface area (Å²) < 4.78 is 11.7. The molecule has 1 unspecified atom stereocenters. The molecule has 7 heteroatoms. The molecule has 2 aromatic heterocycles. The van der Waals surface area contributed by atoms with E-state index in [0.717, 1.165) is 32.2 Å². The topological polar surface area (TPSA) is 92.5 Å². The largest absolute Gasteiger partial charge is 0.507 e. The molecule has 0 aliphatic heterocycles. The van der Waals surface area contributed by atoms with Crippen LogP contribution < -0.4 is 5.63 Å². The number of hydrogen-bond donors (Lipinski definition) is 2. The van der Waals surface area contributed by atoms with Crippen LogP contribution in [0.25, 0.3) is 21.9 Å². The molecule has 35 heavy (non-hydrogen) atoms. The fourth-order valence-corrected chi connectivity index (χ4v) is 5.02. The second kappa shape index (κ2) is 9.43. The van der Waals surface area contributed by atoms with E-state index in [1.54, 1.807) is 24.3 Å². The first-order chi connectivity index (χ1) is 16.9. The van der Waals surface area contributed by atoms with Gasteiger partial charge in [-0.3, -0.25) is 4.79 Å². The summed E-state index contributed by atoms with van der Waals surface area (Å²) in [6, 6.07) is 22.3. The molecule has 2 heterocycles. The molecule has 3 aromatic carbocycles. The van der Waals surface area contributed by atoms with Crippen molar-refractivity contribution in [2.45, 2.75) is 19.3 Å². The highest BCUT2D eigenvalue weighted by Gasteiger charge is 2.30. The third-order valence-corrected chi connectivity index (χ3v) is 6.58. The molecule has 0 aliphatic carbocycles. The Morgan fingerprint density at radius 2 is 1.80 bits per heavy atom. The first-order valence-electron chi connectivity index (χ1n) is 11.2. The minimum atomic E-state index is -0.659. The van der Waals surface area contributed by atoms with E-state index in [4.69, 9.17) is 9.15 Å². The summed E-state index contributed by atoms with van der Waals surface area (Å²) in [6.07, 6.45) is 0.434. The molecule has 0 aliphatic rings. The molecule has 0 saturated heterocycles. The van der Waals surface area contributed by atoms with Gasteiger partial charge in [0.2, 0.25) is 0 Å². The molecular weight excluding hydrogens is 510 g/mol. The van der Waals surface area contributed by atoms with Gasteiger partial charge in [0.1, 0.15) is 11.3 Å². The van der Waals surface area contributed by atoms with Crippen LogP contribution in [-0.4, -0.2) is 22.7 Å². The van der Waals surface area contributed by atoms with Gasteiger partial charge < -0.3 is 19.2 Å². The number of fused-ring (bicyclic) bond motifs is 2. The average Bonchev–Trinajstić information content (AvgIpc) is 3.19. The monoisotopic (exact) mass is 531 g/mol. The number of rotatable bonds is 6. The number of hydrogen-bond acceptors (Lipinski definition) is 5. The summed E-state index contributed by atoms with van der Waals surface area (Å²) in [5.41, 5.74) is 3.15. The van der Waals surface area contributed by atoms with E-state index in [9.17, 15) is 14.7 Å². The lowest BCUT2D eigenvalue weighted by atomic mass is 9.85. The Labute approximate surface area is 209 Å². The van der Waals surface area contributed by atoms with Crippen LogP contribution in [0.5, 0.6) is 5.75 Å². The molecule has 0 amide bonds. The standard InChI is InChI=1S/C28H22BrNO5/c1-16(31)34-14-13-20-19-9-2-4-11-22(19)30-26(20)24(17-7-6-8-18(29)15-17)25-27(32)21-10-3-5-12-23(21)35-28(25)33/h2-12,15,24,30,32H,13-14H2,1H3. The number of aromatic nitrogens is 1. The minimum absolute atomic E-state index is 0.119. The van der Waals surface area contributed by atoms with Crippen molar-refractivity contribution < 1.29 is 19.1 Å². The van der Waals surface area contributed by atoms with Crippen molar-refractivity contribution in [1.29, 1.82) is 0 Å². The molecule has 5 aromatic rings. The Hall–Kier alpha value is -3.84. The average molecular weight is 532 g/mol. The Balaban J connectivity index is 1.80. The van der Waals surface area contributed by atoms with E-state index >= 15 is 0 Å². The van der Waals surface area contributed by atoms with Gasteiger partial charge in [-0.15, -0.1) is 0 Å². The van der Waals surface area contributed by atoms with Crippen molar-refractivity contribution in [2.75, 3.05) is 6.61 Å². The highest BCUT2D eigenvalue weighted by Crippen LogP contribution is 2.41. The Morgan fingerprint density at radius 1 is 1.06 bits per heavy atom. The van der Waals surface area contributed by atoms with Crippen molar-refractivity contribution in [3.63, 3.8) is 0 Å². The zero-order valence-electron chi connectivity index (χ0n) is 18.9. The summed E-state index contributed by atoms with van der Waals surface area (Å²) in [6.45, 7) is 1.56. The number of para-hydroxylation sites is 2. The predicted octanol–water partition coefficient (Wildman–Crippen LogP) is 6.03. The molecule has 0 radical (unpaired) electrons. The molecule has 0 bridgehead atoms. The Bertz CT molecular complexity index is 1620. The van der Waals surface area contributed by atoms with Gasteiger partial charge in [-0.25, -0.2) is 4.79 Å². The zero-order chi connectivity index (χ0) is 24.5. The quantitative estimate of drug-likeness (QED) is 0.206.